The van der Waals surface area contributed by atoms with Crippen LogP contribution in [0, 0.1) is 10.1 Å². The van der Waals surface area contributed by atoms with Crippen LogP contribution in [0.3, 0.4) is 0 Å². The van der Waals surface area contributed by atoms with Gasteiger partial charge in [0.05, 0.1) is 17.0 Å². The van der Waals surface area contributed by atoms with Crippen molar-refractivity contribution in [2.45, 2.75) is 58.5 Å². The van der Waals surface area contributed by atoms with Crippen LogP contribution in [0.25, 0.3) is 0 Å². The van der Waals surface area contributed by atoms with E-state index >= 15 is 0 Å². The van der Waals surface area contributed by atoms with E-state index in [0.29, 0.717) is 11.6 Å². The minimum absolute atomic E-state index is 0.0148. The minimum Gasteiger partial charge on any atom is -0.321 e. The summed E-state index contributed by atoms with van der Waals surface area (Å²) in [6, 6.07) is 9.88. The SMILES string of the molecule is CC(C)c1ccc(N2C(=O)CC(N(C(=O)c3ccc(Cl)c([N+](=O)[O-])c3)C(C)(C)C)C2=O)cc1. The zero-order valence-electron chi connectivity index (χ0n) is 19.2. The highest BCUT2D eigenvalue weighted by Gasteiger charge is 2.47. The molecule has 1 unspecified atom stereocenters. The lowest BCUT2D eigenvalue weighted by molar-refractivity contribution is -0.384. The lowest BCUT2D eigenvalue weighted by Gasteiger charge is -2.39. The zero-order valence-corrected chi connectivity index (χ0v) is 19.9. The molecule has 1 fully saturated rings. The van der Waals surface area contributed by atoms with Crippen LogP contribution in [0.4, 0.5) is 11.4 Å². The van der Waals surface area contributed by atoms with E-state index in [9.17, 15) is 24.5 Å². The van der Waals surface area contributed by atoms with Gasteiger partial charge < -0.3 is 4.90 Å². The molecule has 8 nitrogen and oxygen atoms in total. The van der Waals surface area contributed by atoms with Crippen LogP contribution < -0.4 is 4.90 Å². The molecule has 2 aromatic carbocycles. The van der Waals surface area contributed by atoms with Gasteiger partial charge in [0.25, 0.3) is 17.5 Å². The number of benzene rings is 2. The fourth-order valence-electron chi connectivity index (χ4n) is 3.94. The van der Waals surface area contributed by atoms with E-state index < -0.39 is 39.9 Å². The number of amides is 3. The standard InChI is InChI=1S/C24H26ClN3O5/c1-14(2)15-6-9-17(10-7-15)26-21(29)13-20(23(26)31)27(24(3,4)5)22(30)16-8-11-18(25)19(12-16)28(32)33/h6-12,14,20H,13H2,1-5H3. The minimum atomic E-state index is -1.04. The van der Waals surface area contributed by atoms with Gasteiger partial charge in [-0.1, -0.05) is 37.6 Å². The number of halogens is 1. The van der Waals surface area contributed by atoms with Crippen LogP contribution in [-0.4, -0.2) is 39.1 Å². The highest BCUT2D eigenvalue weighted by atomic mass is 35.5. The molecule has 0 radical (unpaired) electrons. The Bertz CT molecular complexity index is 1120. The Hall–Kier alpha value is -3.26. The average molecular weight is 472 g/mol. The molecule has 3 amide bonds. The number of hydrogen-bond acceptors (Lipinski definition) is 5. The largest absolute Gasteiger partial charge is 0.321 e. The molecule has 3 rings (SSSR count). The first-order valence-corrected chi connectivity index (χ1v) is 10.9. The zero-order chi connectivity index (χ0) is 24.7. The molecule has 1 saturated heterocycles. The molecule has 0 N–H and O–H groups in total. The predicted molar refractivity (Wildman–Crippen MR) is 125 cm³/mol. The van der Waals surface area contributed by atoms with E-state index in [4.69, 9.17) is 11.6 Å². The summed E-state index contributed by atoms with van der Waals surface area (Å²) >= 11 is 5.88. The quantitative estimate of drug-likeness (QED) is 0.349. The molecule has 1 heterocycles. The Labute approximate surface area is 197 Å². The maximum absolute atomic E-state index is 13.5. The third-order valence-corrected chi connectivity index (χ3v) is 5.90. The van der Waals surface area contributed by atoms with Crippen molar-refractivity contribution < 1.29 is 19.3 Å². The van der Waals surface area contributed by atoms with Gasteiger partial charge in [-0.2, -0.15) is 0 Å². The van der Waals surface area contributed by atoms with E-state index in [1.54, 1.807) is 32.9 Å². The molecule has 0 spiro atoms. The summed E-state index contributed by atoms with van der Waals surface area (Å²) in [6.45, 7) is 9.32. The van der Waals surface area contributed by atoms with Crippen molar-refractivity contribution in [1.29, 1.82) is 0 Å². The van der Waals surface area contributed by atoms with E-state index in [2.05, 4.69) is 0 Å². The van der Waals surface area contributed by atoms with E-state index in [1.165, 1.54) is 17.0 Å². The third-order valence-electron chi connectivity index (χ3n) is 5.58. The van der Waals surface area contributed by atoms with Gasteiger partial charge >= 0.3 is 0 Å². The number of carbonyl (C=O) groups is 3. The van der Waals surface area contributed by atoms with Crippen molar-refractivity contribution in [3.63, 3.8) is 0 Å². The molecular weight excluding hydrogens is 446 g/mol. The van der Waals surface area contributed by atoms with Crippen LogP contribution in [0.5, 0.6) is 0 Å². The number of hydrogen-bond donors (Lipinski definition) is 0. The van der Waals surface area contributed by atoms with E-state index in [1.807, 2.05) is 26.0 Å². The van der Waals surface area contributed by atoms with Crippen molar-refractivity contribution in [3.05, 3.63) is 68.7 Å². The Balaban J connectivity index is 1.98. The van der Waals surface area contributed by atoms with Gasteiger partial charge in [-0.15, -0.1) is 0 Å². The number of imide groups is 1. The number of anilines is 1. The molecule has 2 aromatic rings. The van der Waals surface area contributed by atoms with Gasteiger partial charge in [0.15, 0.2) is 0 Å². The smallest absolute Gasteiger partial charge is 0.288 e. The van der Waals surface area contributed by atoms with Gasteiger partial charge in [-0.25, -0.2) is 4.90 Å². The molecule has 0 saturated carbocycles. The van der Waals surface area contributed by atoms with Gasteiger partial charge in [0.1, 0.15) is 11.1 Å². The number of rotatable bonds is 5. The maximum Gasteiger partial charge on any atom is 0.288 e. The van der Waals surface area contributed by atoms with Crippen LogP contribution >= 0.6 is 11.6 Å². The molecule has 0 aliphatic carbocycles. The van der Waals surface area contributed by atoms with Crippen molar-refractivity contribution in [3.8, 4) is 0 Å². The Kier molecular flexibility index (Phi) is 6.61. The third kappa shape index (κ3) is 4.75. The summed E-state index contributed by atoms with van der Waals surface area (Å²) in [5.74, 6) is -1.21. The van der Waals surface area contributed by atoms with Gasteiger partial charge in [-0.05, 0) is 56.5 Å². The van der Waals surface area contributed by atoms with Crippen LogP contribution in [0.15, 0.2) is 42.5 Å². The summed E-state index contributed by atoms with van der Waals surface area (Å²) < 4.78 is 0. The fraction of sp³-hybridized carbons (Fsp3) is 0.375. The molecule has 0 aromatic heterocycles. The monoisotopic (exact) mass is 471 g/mol. The second-order valence-corrected chi connectivity index (χ2v) is 9.71. The molecular formula is C24H26ClN3O5. The molecule has 9 heteroatoms. The average Bonchev–Trinajstić information content (AvgIpc) is 3.00. The lowest BCUT2D eigenvalue weighted by atomic mass is 9.99. The first kappa shape index (κ1) is 24.4. The number of nitro benzene ring substituents is 1. The highest BCUT2D eigenvalue weighted by molar-refractivity contribution is 6.32. The van der Waals surface area contributed by atoms with Crippen LogP contribution in [0.1, 0.15) is 62.9 Å². The summed E-state index contributed by atoms with van der Waals surface area (Å²) in [7, 11) is 0. The molecule has 33 heavy (non-hydrogen) atoms. The maximum atomic E-state index is 13.5. The molecule has 1 aliphatic heterocycles. The van der Waals surface area contributed by atoms with E-state index in [0.717, 1.165) is 16.5 Å². The first-order valence-electron chi connectivity index (χ1n) is 10.6. The normalized spacial score (nSPS) is 16.5. The lowest BCUT2D eigenvalue weighted by Crippen LogP contribution is -2.54. The molecule has 1 atom stereocenters. The number of carbonyl (C=O) groups excluding carboxylic acids is 3. The second-order valence-electron chi connectivity index (χ2n) is 9.30. The van der Waals surface area contributed by atoms with Crippen molar-refractivity contribution in [1.82, 2.24) is 4.90 Å². The predicted octanol–water partition coefficient (Wildman–Crippen LogP) is 4.94. The van der Waals surface area contributed by atoms with Crippen LogP contribution in [-0.2, 0) is 9.59 Å². The highest BCUT2D eigenvalue weighted by Crippen LogP contribution is 2.33. The first-order chi connectivity index (χ1) is 15.3. The van der Waals surface area contributed by atoms with Crippen molar-refractivity contribution in [2.75, 3.05) is 4.90 Å². The fourth-order valence-corrected chi connectivity index (χ4v) is 4.12. The summed E-state index contributed by atoms with van der Waals surface area (Å²) in [5.41, 5.74) is 0.285. The van der Waals surface area contributed by atoms with Crippen molar-refractivity contribution in [2.24, 2.45) is 0 Å². The Morgan fingerprint density at radius 2 is 1.76 bits per heavy atom. The Morgan fingerprint density at radius 1 is 1.15 bits per heavy atom. The molecule has 174 valence electrons. The number of nitro groups is 1. The van der Waals surface area contributed by atoms with E-state index in [-0.39, 0.29) is 17.0 Å². The van der Waals surface area contributed by atoms with Crippen LogP contribution in [0.2, 0.25) is 5.02 Å². The number of nitrogens with zero attached hydrogens (tertiary/aromatic N) is 3. The molecule has 0 bridgehead atoms. The summed E-state index contributed by atoms with van der Waals surface area (Å²) in [6.07, 6.45) is -0.177. The van der Waals surface area contributed by atoms with Gasteiger partial charge in [-0.3, -0.25) is 24.5 Å². The molecule has 1 aliphatic rings. The van der Waals surface area contributed by atoms with Gasteiger partial charge in [0.2, 0.25) is 5.91 Å². The summed E-state index contributed by atoms with van der Waals surface area (Å²) in [5, 5.41) is 11.2. The van der Waals surface area contributed by atoms with Crippen molar-refractivity contribution >= 4 is 40.7 Å². The van der Waals surface area contributed by atoms with Gasteiger partial charge in [0, 0.05) is 17.2 Å². The Morgan fingerprint density at radius 3 is 2.27 bits per heavy atom. The summed E-state index contributed by atoms with van der Waals surface area (Å²) in [4.78, 5) is 52.7. The second kappa shape index (κ2) is 8.94. The topological polar surface area (TPSA) is 101 Å².